The Labute approximate surface area is 122 Å². The summed E-state index contributed by atoms with van der Waals surface area (Å²) in [5.41, 5.74) is -0.607. The number of methoxy groups -OCH3 is 1. The quantitative estimate of drug-likeness (QED) is 0.518. The van der Waals surface area contributed by atoms with E-state index in [2.05, 4.69) is 12.2 Å². The number of esters is 1. The Kier molecular flexibility index (Phi) is 8.11. The molecule has 0 bridgehead atoms. The molecule has 0 aliphatic carbocycles. The first-order valence-corrected chi connectivity index (χ1v) is 7.65. The zero-order valence-electron chi connectivity index (χ0n) is 13.1. The Hall–Kier alpha value is -0.650. The van der Waals surface area contributed by atoms with Gasteiger partial charge in [-0.3, -0.25) is 4.79 Å². The third-order valence-corrected chi connectivity index (χ3v) is 3.74. The van der Waals surface area contributed by atoms with Crippen molar-refractivity contribution in [3.63, 3.8) is 0 Å². The topological polar surface area (TPSA) is 56.8 Å². The van der Waals surface area contributed by atoms with Gasteiger partial charge in [-0.25, -0.2) is 0 Å². The van der Waals surface area contributed by atoms with E-state index in [0.717, 1.165) is 51.9 Å². The van der Waals surface area contributed by atoms with Crippen LogP contribution >= 0.6 is 0 Å². The van der Waals surface area contributed by atoms with Crippen LogP contribution in [0.2, 0.25) is 0 Å². The van der Waals surface area contributed by atoms with Crippen LogP contribution in [0.15, 0.2) is 0 Å². The molecule has 0 amide bonds. The summed E-state index contributed by atoms with van der Waals surface area (Å²) in [4.78, 5) is 11.9. The van der Waals surface area contributed by atoms with E-state index >= 15 is 0 Å². The fraction of sp³-hybridized carbons (Fsp3) is 0.933. The third-order valence-electron chi connectivity index (χ3n) is 3.74. The maximum atomic E-state index is 11.9. The maximum Gasteiger partial charge on any atom is 0.325 e. The van der Waals surface area contributed by atoms with Gasteiger partial charge in [0.1, 0.15) is 5.54 Å². The Balaban J connectivity index is 2.28. The summed E-state index contributed by atoms with van der Waals surface area (Å²) in [5.74, 6) is -0.197. The number of hydrogen-bond acceptors (Lipinski definition) is 5. The van der Waals surface area contributed by atoms with Crippen LogP contribution in [0, 0.1) is 0 Å². The normalized spacial score (nSPS) is 19.6. The molecule has 1 saturated heterocycles. The number of carbonyl (C=O) groups excluding carboxylic acids is 1. The largest absolute Gasteiger partial charge is 0.468 e. The van der Waals surface area contributed by atoms with Gasteiger partial charge >= 0.3 is 5.97 Å². The lowest BCUT2D eigenvalue weighted by molar-refractivity contribution is -0.148. The van der Waals surface area contributed by atoms with Crippen LogP contribution in [0.5, 0.6) is 0 Å². The molecule has 1 heterocycles. The lowest BCUT2D eigenvalue weighted by atomic mass is 9.95. The SMILES string of the molecule is CCCNC(C)(CCCOC1CCOCC1)C(=O)OC. The van der Waals surface area contributed by atoms with Gasteiger partial charge in [-0.2, -0.15) is 0 Å². The molecule has 0 aromatic rings. The first-order valence-electron chi connectivity index (χ1n) is 7.65. The number of hydrogen-bond donors (Lipinski definition) is 1. The molecule has 1 N–H and O–H groups in total. The first-order chi connectivity index (χ1) is 9.62. The molecule has 5 heteroatoms. The molecule has 0 spiro atoms. The van der Waals surface area contributed by atoms with Crippen LogP contribution in [-0.4, -0.2) is 51.1 Å². The molecular formula is C15H29NO4. The minimum atomic E-state index is -0.607. The lowest BCUT2D eigenvalue weighted by Crippen LogP contribution is -2.50. The zero-order chi connectivity index (χ0) is 14.8. The van der Waals surface area contributed by atoms with E-state index in [-0.39, 0.29) is 5.97 Å². The lowest BCUT2D eigenvalue weighted by Gasteiger charge is -2.28. The molecule has 20 heavy (non-hydrogen) atoms. The average Bonchev–Trinajstić information content (AvgIpc) is 2.49. The molecule has 5 nitrogen and oxygen atoms in total. The number of nitrogens with one attached hydrogen (secondary N) is 1. The second-order valence-corrected chi connectivity index (χ2v) is 5.54. The number of rotatable bonds is 9. The van der Waals surface area contributed by atoms with Crippen molar-refractivity contribution in [1.82, 2.24) is 5.32 Å². The summed E-state index contributed by atoms with van der Waals surface area (Å²) in [5, 5.41) is 3.28. The molecule has 118 valence electrons. The molecule has 1 aliphatic rings. The standard InChI is InChI=1S/C15H29NO4/c1-4-9-16-15(2,14(17)18-3)8-5-10-20-13-6-11-19-12-7-13/h13,16H,4-12H2,1-3H3. The Morgan fingerprint density at radius 1 is 1.40 bits per heavy atom. The fourth-order valence-electron chi connectivity index (χ4n) is 2.41. The van der Waals surface area contributed by atoms with Crippen LogP contribution in [-0.2, 0) is 19.0 Å². The summed E-state index contributed by atoms with van der Waals surface area (Å²) < 4.78 is 16.0. The van der Waals surface area contributed by atoms with Crippen LogP contribution in [0.1, 0.15) is 46.0 Å². The molecule has 0 radical (unpaired) electrons. The second kappa shape index (κ2) is 9.32. The van der Waals surface area contributed by atoms with Crippen LogP contribution < -0.4 is 5.32 Å². The highest BCUT2D eigenvalue weighted by Gasteiger charge is 2.33. The van der Waals surface area contributed by atoms with E-state index in [1.54, 1.807) is 0 Å². The van der Waals surface area contributed by atoms with Gasteiger partial charge in [-0.05, 0) is 45.6 Å². The minimum absolute atomic E-state index is 0.197. The van der Waals surface area contributed by atoms with Crippen molar-refractivity contribution in [3.8, 4) is 0 Å². The van der Waals surface area contributed by atoms with Crippen LogP contribution in [0.3, 0.4) is 0 Å². The third kappa shape index (κ3) is 5.77. The van der Waals surface area contributed by atoms with Crippen LogP contribution in [0.4, 0.5) is 0 Å². The van der Waals surface area contributed by atoms with Gasteiger partial charge < -0.3 is 19.5 Å². The monoisotopic (exact) mass is 287 g/mol. The Morgan fingerprint density at radius 3 is 2.70 bits per heavy atom. The molecule has 0 saturated carbocycles. The summed E-state index contributed by atoms with van der Waals surface area (Å²) in [6.45, 7) is 7.07. The highest BCUT2D eigenvalue weighted by Crippen LogP contribution is 2.16. The van der Waals surface area contributed by atoms with Gasteiger partial charge in [0.25, 0.3) is 0 Å². The van der Waals surface area contributed by atoms with Crippen LogP contribution in [0.25, 0.3) is 0 Å². The van der Waals surface area contributed by atoms with Crippen molar-refractivity contribution in [2.24, 2.45) is 0 Å². The molecule has 1 fully saturated rings. The summed E-state index contributed by atoms with van der Waals surface area (Å²) in [7, 11) is 1.44. The van der Waals surface area contributed by atoms with E-state index in [9.17, 15) is 4.79 Å². The van der Waals surface area contributed by atoms with Gasteiger partial charge in [-0.15, -0.1) is 0 Å². The predicted octanol–water partition coefficient (Wildman–Crippen LogP) is 1.89. The van der Waals surface area contributed by atoms with E-state index in [1.807, 2.05) is 6.92 Å². The molecule has 0 aromatic carbocycles. The average molecular weight is 287 g/mol. The maximum absolute atomic E-state index is 11.9. The number of ether oxygens (including phenoxy) is 3. The van der Waals surface area contributed by atoms with Gasteiger partial charge in [0.15, 0.2) is 0 Å². The second-order valence-electron chi connectivity index (χ2n) is 5.54. The highest BCUT2D eigenvalue weighted by atomic mass is 16.5. The van der Waals surface area contributed by atoms with E-state index in [1.165, 1.54) is 7.11 Å². The molecular weight excluding hydrogens is 258 g/mol. The summed E-state index contributed by atoms with van der Waals surface area (Å²) in [6, 6.07) is 0. The minimum Gasteiger partial charge on any atom is -0.468 e. The first kappa shape index (κ1) is 17.4. The fourth-order valence-corrected chi connectivity index (χ4v) is 2.41. The smallest absolute Gasteiger partial charge is 0.325 e. The zero-order valence-corrected chi connectivity index (χ0v) is 13.1. The van der Waals surface area contributed by atoms with Gasteiger partial charge in [0, 0.05) is 19.8 Å². The van der Waals surface area contributed by atoms with Crippen molar-refractivity contribution in [3.05, 3.63) is 0 Å². The van der Waals surface area contributed by atoms with Crippen molar-refractivity contribution < 1.29 is 19.0 Å². The predicted molar refractivity (Wildman–Crippen MR) is 77.7 cm³/mol. The summed E-state index contributed by atoms with van der Waals surface area (Å²) >= 11 is 0. The van der Waals surface area contributed by atoms with Crippen molar-refractivity contribution in [2.45, 2.75) is 57.6 Å². The number of carbonyl (C=O) groups is 1. The molecule has 1 unspecified atom stereocenters. The van der Waals surface area contributed by atoms with E-state index < -0.39 is 5.54 Å². The van der Waals surface area contributed by atoms with Gasteiger partial charge in [-0.1, -0.05) is 6.92 Å². The Morgan fingerprint density at radius 2 is 2.10 bits per heavy atom. The molecule has 0 aromatic heterocycles. The van der Waals surface area contributed by atoms with Crippen molar-refractivity contribution >= 4 is 5.97 Å². The molecule has 1 rings (SSSR count). The van der Waals surface area contributed by atoms with Gasteiger partial charge in [0.05, 0.1) is 13.2 Å². The van der Waals surface area contributed by atoms with E-state index in [0.29, 0.717) is 12.7 Å². The summed E-state index contributed by atoms with van der Waals surface area (Å²) in [6.07, 6.45) is 4.83. The molecule has 1 aliphatic heterocycles. The van der Waals surface area contributed by atoms with Crippen molar-refractivity contribution in [1.29, 1.82) is 0 Å². The van der Waals surface area contributed by atoms with E-state index in [4.69, 9.17) is 14.2 Å². The van der Waals surface area contributed by atoms with Crippen molar-refractivity contribution in [2.75, 3.05) is 33.5 Å². The highest BCUT2D eigenvalue weighted by molar-refractivity contribution is 5.80. The van der Waals surface area contributed by atoms with Gasteiger partial charge in [0.2, 0.25) is 0 Å². The molecule has 1 atom stereocenters. The Bertz CT molecular complexity index is 279.